The molecule has 0 heterocycles. The first-order valence-electron chi connectivity index (χ1n) is 6.32. The number of carbonyl (C=O) groups is 1. The normalized spacial score (nSPS) is 18.1. The maximum atomic E-state index is 11.8. The summed E-state index contributed by atoms with van der Waals surface area (Å²) in [7, 11) is -3.33. The molecule has 1 amide bonds. The van der Waals surface area contributed by atoms with Crippen molar-refractivity contribution in [3.8, 4) is 0 Å². The summed E-state index contributed by atoms with van der Waals surface area (Å²) in [6.07, 6.45) is 3.26. The van der Waals surface area contributed by atoms with Gasteiger partial charge in [0.05, 0.1) is 11.3 Å². The van der Waals surface area contributed by atoms with Crippen molar-refractivity contribution in [3.63, 3.8) is 0 Å². The van der Waals surface area contributed by atoms with E-state index in [1.54, 1.807) is 13.8 Å². The van der Waals surface area contributed by atoms with Gasteiger partial charge < -0.3 is 11.1 Å². The van der Waals surface area contributed by atoms with Crippen LogP contribution >= 0.6 is 12.4 Å². The maximum absolute atomic E-state index is 11.8. The van der Waals surface area contributed by atoms with E-state index in [0.29, 0.717) is 12.8 Å². The Kier molecular flexibility index (Phi) is 7.28. The van der Waals surface area contributed by atoms with Crippen LogP contribution in [0.4, 0.5) is 0 Å². The highest BCUT2D eigenvalue weighted by Crippen LogP contribution is 2.26. The van der Waals surface area contributed by atoms with E-state index in [-0.39, 0.29) is 36.7 Å². The maximum Gasteiger partial charge on any atom is 0.240 e. The highest BCUT2D eigenvalue weighted by Gasteiger charge is 2.36. The quantitative estimate of drug-likeness (QED) is 0.648. The van der Waals surface area contributed by atoms with Crippen molar-refractivity contribution in [1.82, 2.24) is 10.0 Å². The summed E-state index contributed by atoms with van der Waals surface area (Å²) < 4.78 is 25.5. The van der Waals surface area contributed by atoms with Crippen molar-refractivity contribution in [2.45, 2.75) is 51.1 Å². The topological polar surface area (TPSA) is 101 Å². The first kappa shape index (κ1) is 18.6. The molecule has 0 aliphatic heterocycles. The Balaban J connectivity index is 0.00000324. The number of hydrogen-bond acceptors (Lipinski definition) is 4. The first-order valence-corrected chi connectivity index (χ1v) is 7.98. The number of rotatable bonds is 6. The molecule has 8 heteroatoms. The Hall–Kier alpha value is -0.370. The fourth-order valence-corrected chi connectivity index (χ4v) is 3.33. The van der Waals surface area contributed by atoms with Crippen molar-refractivity contribution < 1.29 is 13.2 Å². The Morgan fingerprint density at radius 1 is 1.32 bits per heavy atom. The molecule has 1 aliphatic rings. The third-order valence-electron chi connectivity index (χ3n) is 3.02. The zero-order valence-electron chi connectivity index (χ0n) is 11.4. The zero-order chi connectivity index (χ0) is 13.8. The molecule has 6 nitrogen and oxygen atoms in total. The highest BCUT2D eigenvalue weighted by molar-refractivity contribution is 7.89. The molecular formula is C11H24ClN3O3S. The number of halogens is 1. The van der Waals surface area contributed by atoms with E-state index in [2.05, 4.69) is 10.0 Å². The van der Waals surface area contributed by atoms with Gasteiger partial charge in [-0.1, -0.05) is 12.8 Å². The molecule has 0 aromatic heterocycles. The van der Waals surface area contributed by atoms with Gasteiger partial charge in [0.15, 0.2) is 0 Å². The average Bonchev–Trinajstić information content (AvgIpc) is 2.64. The molecule has 0 atom stereocenters. The van der Waals surface area contributed by atoms with Crippen molar-refractivity contribution >= 4 is 28.3 Å². The molecule has 0 aromatic rings. The lowest BCUT2D eigenvalue weighted by atomic mass is 9.98. The third kappa shape index (κ3) is 6.07. The predicted octanol–water partition coefficient (Wildman–Crippen LogP) is 0.124. The monoisotopic (exact) mass is 313 g/mol. The van der Waals surface area contributed by atoms with Crippen molar-refractivity contribution in [2.24, 2.45) is 5.73 Å². The first-order chi connectivity index (χ1) is 8.25. The van der Waals surface area contributed by atoms with E-state index >= 15 is 0 Å². The zero-order valence-corrected chi connectivity index (χ0v) is 13.1. The minimum atomic E-state index is -3.33. The Bertz CT molecular complexity index is 392. The number of nitrogens with one attached hydrogen (secondary N) is 2. The summed E-state index contributed by atoms with van der Waals surface area (Å²) >= 11 is 0. The summed E-state index contributed by atoms with van der Waals surface area (Å²) in [6, 6.07) is -0.138. The van der Waals surface area contributed by atoms with Crippen LogP contribution in [0.1, 0.15) is 39.5 Å². The molecular weight excluding hydrogens is 290 g/mol. The standard InChI is InChI=1S/C11H23N3O3S.ClH/c1-9(2)14-18(16,17)8-7-13-10(15)11(12)5-3-4-6-11;/h9,14H,3-8,12H2,1-2H3,(H,13,15);1H. The number of nitrogens with two attached hydrogens (primary N) is 1. The largest absolute Gasteiger partial charge is 0.353 e. The van der Waals surface area contributed by atoms with Crippen LogP contribution < -0.4 is 15.8 Å². The van der Waals surface area contributed by atoms with Crippen LogP contribution in [-0.2, 0) is 14.8 Å². The molecule has 1 fully saturated rings. The minimum absolute atomic E-state index is 0. The Morgan fingerprint density at radius 3 is 2.32 bits per heavy atom. The second kappa shape index (κ2) is 7.42. The fourth-order valence-electron chi connectivity index (χ4n) is 2.13. The minimum Gasteiger partial charge on any atom is -0.353 e. The number of amides is 1. The smallest absolute Gasteiger partial charge is 0.240 e. The van der Waals surface area contributed by atoms with Crippen molar-refractivity contribution in [2.75, 3.05) is 12.3 Å². The van der Waals surface area contributed by atoms with Gasteiger partial charge in [0, 0.05) is 12.6 Å². The van der Waals surface area contributed by atoms with Crippen LogP contribution in [0.25, 0.3) is 0 Å². The molecule has 0 saturated heterocycles. The van der Waals surface area contributed by atoms with E-state index in [4.69, 9.17) is 5.73 Å². The molecule has 1 saturated carbocycles. The molecule has 19 heavy (non-hydrogen) atoms. The summed E-state index contributed by atoms with van der Waals surface area (Å²) in [6.45, 7) is 3.60. The van der Waals surface area contributed by atoms with Gasteiger partial charge >= 0.3 is 0 Å². The predicted molar refractivity (Wildman–Crippen MR) is 77.7 cm³/mol. The van der Waals surface area contributed by atoms with Crippen LogP contribution in [0.2, 0.25) is 0 Å². The molecule has 4 N–H and O–H groups in total. The van der Waals surface area contributed by atoms with Gasteiger partial charge in [0.25, 0.3) is 0 Å². The highest BCUT2D eigenvalue weighted by atomic mass is 35.5. The van der Waals surface area contributed by atoms with Gasteiger partial charge in [-0.25, -0.2) is 13.1 Å². The van der Waals surface area contributed by atoms with Crippen LogP contribution in [0.5, 0.6) is 0 Å². The van der Waals surface area contributed by atoms with Gasteiger partial charge in [0.2, 0.25) is 15.9 Å². The second-order valence-corrected chi connectivity index (χ2v) is 7.08. The summed E-state index contributed by atoms with van der Waals surface area (Å²) in [4.78, 5) is 11.8. The molecule has 0 radical (unpaired) electrons. The van der Waals surface area contributed by atoms with Gasteiger partial charge in [0.1, 0.15) is 0 Å². The summed E-state index contributed by atoms with van der Waals surface area (Å²) in [5.41, 5.74) is 5.16. The van der Waals surface area contributed by atoms with E-state index < -0.39 is 15.6 Å². The van der Waals surface area contributed by atoms with E-state index in [9.17, 15) is 13.2 Å². The van der Waals surface area contributed by atoms with Crippen LogP contribution in [0.3, 0.4) is 0 Å². The van der Waals surface area contributed by atoms with Crippen LogP contribution in [-0.4, -0.2) is 38.2 Å². The van der Waals surface area contributed by atoms with Crippen LogP contribution in [0, 0.1) is 0 Å². The number of carbonyl (C=O) groups excluding carboxylic acids is 1. The van der Waals surface area contributed by atoms with E-state index in [1.807, 2.05) is 0 Å². The number of hydrogen-bond donors (Lipinski definition) is 3. The Morgan fingerprint density at radius 2 is 1.84 bits per heavy atom. The molecule has 1 aliphatic carbocycles. The second-order valence-electron chi connectivity index (χ2n) is 5.21. The van der Waals surface area contributed by atoms with Gasteiger partial charge in [-0.05, 0) is 26.7 Å². The molecule has 0 aromatic carbocycles. The summed E-state index contributed by atoms with van der Waals surface area (Å²) in [5, 5.41) is 2.61. The summed E-state index contributed by atoms with van der Waals surface area (Å²) in [5.74, 6) is -0.354. The Labute approximate surface area is 121 Å². The fraction of sp³-hybridized carbons (Fsp3) is 0.909. The van der Waals surface area contributed by atoms with Crippen LogP contribution in [0.15, 0.2) is 0 Å². The SMILES string of the molecule is CC(C)NS(=O)(=O)CCNC(=O)C1(N)CCCC1.Cl. The lowest BCUT2D eigenvalue weighted by Crippen LogP contribution is -2.53. The average molecular weight is 314 g/mol. The van der Waals surface area contributed by atoms with Gasteiger partial charge in [-0.15, -0.1) is 12.4 Å². The molecule has 1 rings (SSSR count). The van der Waals surface area contributed by atoms with Gasteiger partial charge in [-0.2, -0.15) is 0 Å². The molecule has 0 spiro atoms. The molecule has 0 unspecified atom stereocenters. The lowest BCUT2D eigenvalue weighted by molar-refractivity contribution is -0.126. The van der Waals surface area contributed by atoms with E-state index in [0.717, 1.165) is 12.8 Å². The third-order valence-corrected chi connectivity index (χ3v) is 4.59. The van der Waals surface area contributed by atoms with Crippen molar-refractivity contribution in [3.05, 3.63) is 0 Å². The molecule has 0 bridgehead atoms. The van der Waals surface area contributed by atoms with Gasteiger partial charge in [-0.3, -0.25) is 4.79 Å². The molecule has 114 valence electrons. The lowest BCUT2D eigenvalue weighted by Gasteiger charge is -2.22. The number of sulfonamides is 1. The van der Waals surface area contributed by atoms with Crippen molar-refractivity contribution in [1.29, 1.82) is 0 Å². The van der Waals surface area contributed by atoms with E-state index in [1.165, 1.54) is 0 Å².